The Bertz CT molecular complexity index is 314. The molecule has 0 atom stereocenters. The van der Waals surface area contributed by atoms with E-state index in [-0.39, 0.29) is 0 Å². The van der Waals surface area contributed by atoms with Crippen molar-refractivity contribution in [3.63, 3.8) is 0 Å². The molecule has 0 saturated carbocycles. The fourth-order valence-corrected chi connectivity index (χ4v) is 0.972. The minimum atomic E-state index is -0.525. The molecule has 64 valence electrons. The molecular formula is C7H8ClN3O. The van der Waals surface area contributed by atoms with Gasteiger partial charge in [0.1, 0.15) is 11.0 Å². The Morgan fingerprint density at radius 3 is 2.83 bits per heavy atom. The first-order chi connectivity index (χ1) is 5.65. The van der Waals surface area contributed by atoms with E-state index < -0.39 is 5.91 Å². The standard InChI is InChI=1S/C7H8ClN3O/c1-10-7-4(6(9)12)2-3-5(8)11-7/h2-3H,1H3,(H2,9,12)(H,10,11). The van der Waals surface area contributed by atoms with Gasteiger partial charge in [-0.25, -0.2) is 4.98 Å². The lowest BCUT2D eigenvalue weighted by Gasteiger charge is -2.03. The second kappa shape index (κ2) is 3.40. The van der Waals surface area contributed by atoms with E-state index in [1.165, 1.54) is 12.1 Å². The lowest BCUT2D eigenvalue weighted by Crippen LogP contribution is -2.14. The van der Waals surface area contributed by atoms with E-state index in [0.717, 1.165) is 0 Å². The molecule has 1 rings (SSSR count). The van der Waals surface area contributed by atoms with Crippen LogP contribution in [0.3, 0.4) is 0 Å². The number of nitrogens with zero attached hydrogens (tertiary/aromatic N) is 1. The molecule has 0 unspecified atom stereocenters. The Morgan fingerprint density at radius 1 is 1.67 bits per heavy atom. The number of hydrogen-bond donors (Lipinski definition) is 2. The lowest BCUT2D eigenvalue weighted by molar-refractivity contribution is 0.100. The van der Waals surface area contributed by atoms with Crippen molar-refractivity contribution in [1.82, 2.24) is 4.98 Å². The van der Waals surface area contributed by atoms with Gasteiger partial charge >= 0.3 is 0 Å². The molecule has 0 fully saturated rings. The maximum atomic E-state index is 10.8. The number of carbonyl (C=O) groups excluding carboxylic acids is 1. The lowest BCUT2D eigenvalue weighted by atomic mass is 10.2. The van der Waals surface area contributed by atoms with Crippen molar-refractivity contribution in [3.05, 3.63) is 22.8 Å². The number of aromatic nitrogens is 1. The van der Waals surface area contributed by atoms with Crippen LogP contribution in [0, 0.1) is 0 Å². The number of hydrogen-bond acceptors (Lipinski definition) is 3. The molecule has 0 saturated heterocycles. The first kappa shape index (κ1) is 8.80. The maximum Gasteiger partial charge on any atom is 0.252 e. The Balaban J connectivity index is 3.20. The summed E-state index contributed by atoms with van der Waals surface area (Å²) in [7, 11) is 1.64. The normalized spacial score (nSPS) is 9.50. The Hall–Kier alpha value is -1.29. The third-order valence-electron chi connectivity index (χ3n) is 1.36. The van der Waals surface area contributed by atoms with Gasteiger partial charge < -0.3 is 11.1 Å². The zero-order valence-corrected chi connectivity index (χ0v) is 7.22. The van der Waals surface area contributed by atoms with E-state index >= 15 is 0 Å². The summed E-state index contributed by atoms with van der Waals surface area (Å²) < 4.78 is 0. The third kappa shape index (κ3) is 1.65. The van der Waals surface area contributed by atoms with Crippen LogP contribution in [0.1, 0.15) is 10.4 Å². The molecule has 0 aliphatic carbocycles. The van der Waals surface area contributed by atoms with Crippen LogP contribution in [0.4, 0.5) is 5.82 Å². The van der Waals surface area contributed by atoms with Crippen molar-refractivity contribution in [3.8, 4) is 0 Å². The molecule has 0 radical (unpaired) electrons. The average molecular weight is 186 g/mol. The number of carbonyl (C=O) groups is 1. The smallest absolute Gasteiger partial charge is 0.252 e. The van der Waals surface area contributed by atoms with Gasteiger partial charge in [-0.3, -0.25) is 4.79 Å². The molecule has 0 aliphatic heterocycles. The van der Waals surface area contributed by atoms with E-state index in [9.17, 15) is 4.79 Å². The van der Waals surface area contributed by atoms with Crippen LogP contribution in [-0.4, -0.2) is 17.9 Å². The maximum absolute atomic E-state index is 10.8. The van der Waals surface area contributed by atoms with Crippen LogP contribution in [0.25, 0.3) is 0 Å². The molecule has 1 amide bonds. The van der Waals surface area contributed by atoms with Crippen LogP contribution in [0.5, 0.6) is 0 Å². The number of rotatable bonds is 2. The topological polar surface area (TPSA) is 68.0 Å². The predicted molar refractivity (Wildman–Crippen MR) is 47.3 cm³/mol. The molecule has 3 N–H and O–H groups in total. The van der Waals surface area contributed by atoms with Crippen molar-refractivity contribution in [2.75, 3.05) is 12.4 Å². The van der Waals surface area contributed by atoms with E-state index in [2.05, 4.69) is 10.3 Å². The van der Waals surface area contributed by atoms with Gasteiger partial charge in [0.25, 0.3) is 5.91 Å². The Labute approximate surface area is 74.7 Å². The van der Waals surface area contributed by atoms with E-state index in [1.54, 1.807) is 7.05 Å². The molecular weight excluding hydrogens is 178 g/mol. The zero-order valence-electron chi connectivity index (χ0n) is 6.47. The van der Waals surface area contributed by atoms with Gasteiger partial charge in [0.05, 0.1) is 5.56 Å². The van der Waals surface area contributed by atoms with Crippen molar-refractivity contribution < 1.29 is 4.79 Å². The van der Waals surface area contributed by atoms with E-state index in [4.69, 9.17) is 17.3 Å². The zero-order chi connectivity index (χ0) is 9.14. The van der Waals surface area contributed by atoms with Crippen LogP contribution < -0.4 is 11.1 Å². The Morgan fingerprint density at radius 2 is 2.33 bits per heavy atom. The van der Waals surface area contributed by atoms with Gasteiger partial charge in [-0.05, 0) is 12.1 Å². The highest BCUT2D eigenvalue weighted by atomic mass is 35.5. The summed E-state index contributed by atoms with van der Waals surface area (Å²) in [4.78, 5) is 14.7. The summed E-state index contributed by atoms with van der Waals surface area (Å²) >= 11 is 5.60. The van der Waals surface area contributed by atoms with E-state index in [0.29, 0.717) is 16.5 Å². The molecule has 0 aromatic carbocycles. The van der Waals surface area contributed by atoms with Gasteiger partial charge in [0.2, 0.25) is 0 Å². The second-order valence-corrected chi connectivity index (χ2v) is 2.53. The summed E-state index contributed by atoms with van der Waals surface area (Å²) in [6.07, 6.45) is 0. The average Bonchev–Trinajstić information content (AvgIpc) is 2.03. The summed E-state index contributed by atoms with van der Waals surface area (Å²) in [5, 5.41) is 3.04. The monoisotopic (exact) mass is 185 g/mol. The fourth-order valence-electron chi connectivity index (χ4n) is 0.825. The number of nitrogens with one attached hydrogen (secondary N) is 1. The van der Waals surface area contributed by atoms with Gasteiger partial charge in [-0.2, -0.15) is 0 Å². The van der Waals surface area contributed by atoms with Crippen molar-refractivity contribution in [2.45, 2.75) is 0 Å². The van der Waals surface area contributed by atoms with Gasteiger partial charge in [-0.15, -0.1) is 0 Å². The molecule has 0 spiro atoms. The molecule has 4 nitrogen and oxygen atoms in total. The van der Waals surface area contributed by atoms with Crippen molar-refractivity contribution >= 4 is 23.3 Å². The van der Waals surface area contributed by atoms with Crippen molar-refractivity contribution in [1.29, 1.82) is 0 Å². The van der Waals surface area contributed by atoms with E-state index in [1.807, 2.05) is 0 Å². The molecule has 1 aromatic rings. The number of anilines is 1. The number of halogens is 1. The van der Waals surface area contributed by atoms with Crippen LogP contribution >= 0.6 is 11.6 Å². The SMILES string of the molecule is CNc1nc(Cl)ccc1C(N)=O. The third-order valence-corrected chi connectivity index (χ3v) is 1.57. The predicted octanol–water partition coefficient (Wildman–Crippen LogP) is 0.876. The highest BCUT2D eigenvalue weighted by Crippen LogP contribution is 2.14. The number of nitrogens with two attached hydrogens (primary N) is 1. The van der Waals surface area contributed by atoms with Gasteiger partial charge in [0, 0.05) is 7.05 Å². The second-order valence-electron chi connectivity index (χ2n) is 2.14. The van der Waals surface area contributed by atoms with Crippen LogP contribution in [0.2, 0.25) is 5.15 Å². The number of pyridine rings is 1. The summed E-state index contributed by atoms with van der Waals surface area (Å²) in [5.41, 5.74) is 5.41. The largest absolute Gasteiger partial charge is 0.372 e. The molecule has 12 heavy (non-hydrogen) atoms. The molecule has 5 heteroatoms. The first-order valence-electron chi connectivity index (χ1n) is 3.29. The minimum Gasteiger partial charge on any atom is -0.372 e. The summed E-state index contributed by atoms with van der Waals surface area (Å²) in [6, 6.07) is 3.05. The summed E-state index contributed by atoms with van der Waals surface area (Å²) in [5.74, 6) is -0.126. The van der Waals surface area contributed by atoms with Crippen molar-refractivity contribution in [2.24, 2.45) is 5.73 Å². The molecule has 1 heterocycles. The molecule has 0 bridgehead atoms. The molecule has 1 aromatic heterocycles. The quantitative estimate of drug-likeness (QED) is 0.672. The minimum absolute atomic E-state index is 0.323. The molecule has 0 aliphatic rings. The number of primary amides is 1. The van der Waals surface area contributed by atoms with Crippen LogP contribution in [-0.2, 0) is 0 Å². The van der Waals surface area contributed by atoms with Crippen LogP contribution in [0.15, 0.2) is 12.1 Å². The highest BCUT2D eigenvalue weighted by molar-refractivity contribution is 6.29. The number of amides is 1. The summed E-state index contributed by atoms with van der Waals surface area (Å²) in [6.45, 7) is 0. The Kier molecular flexibility index (Phi) is 2.50. The van der Waals surface area contributed by atoms with Gasteiger partial charge in [0.15, 0.2) is 0 Å². The van der Waals surface area contributed by atoms with Gasteiger partial charge in [-0.1, -0.05) is 11.6 Å². The fraction of sp³-hybridized carbons (Fsp3) is 0.143. The first-order valence-corrected chi connectivity index (χ1v) is 3.67. The highest BCUT2D eigenvalue weighted by Gasteiger charge is 2.07.